The van der Waals surface area contributed by atoms with Gasteiger partial charge in [-0.15, -0.1) is 0 Å². The number of hydrogen-bond donors (Lipinski definition) is 0. The summed E-state index contributed by atoms with van der Waals surface area (Å²) >= 11 is 0. The Morgan fingerprint density at radius 1 is 0.667 bits per heavy atom. The second kappa shape index (κ2) is 2.49. The average molecular weight is 164 g/mol. The van der Waals surface area contributed by atoms with E-state index in [4.69, 9.17) is 0 Å². The Kier molecular flexibility index (Phi) is 1.54. The minimum absolute atomic E-state index is 1.09. The molecule has 0 aromatic carbocycles. The van der Waals surface area contributed by atoms with E-state index in [-0.39, 0.29) is 0 Å². The third-order valence-electron chi connectivity index (χ3n) is 5.15. The largest absolute Gasteiger partial charge is 0.0620 e. The van der Waals surface area contributed by atoms with Gasteiger partial charge in [0, 0.05) is 0 Å². The Bertz CT molecular complexity index is 164. The molecule has 0 nitrogen and oxygen atoms in total. The maximum absolute atomic E-state index is 2.54. The zero-order valence-corrected chi connectivity index (χ0v) is 8.13. The van der Waals surface area contributed by atoms with Gasteiger partial charge < -0.3 is 0 Å². The van der Waals surface area contributed by atoms with Crippen LogP contribution in [0.15, 0.2) is 0 Å². The van der Waals surface area contributed by atoms with Crippen LogP contribution >= 0.6 is 0 Å². The van der Waals surface area contributed by atoms with E-state index in [9.17, 15) is 0 Å². The van der Waals surface area contributed by atoms with Gasteiger partial charge in [0.25, 0.3) is 0 Å². The zero-order chi connectivity index (χ0) is 8.13. The smallest absolute Gasteiger partial charge is 0.0352 e. The highest BCUT2D eigenvalue weighted by molar-refractivity contribution is 5.00. The van der Waals surface area contributed by atoms with E-state index in [1.165, 1.54) is 11.8 Å². The average Bonchev–Trinajstić information content (AvgIpc) is 2.72. The van der Waals surface area contributed by atoms with Crippen LogP contribution in [-0.4, -0.2) is 0 Å². The van der Waals surface area contributed by atoms with Gasteiger partial charge in [-0.3, -0.25) is 0 Å². The van der Waals surface area contributed by atoms with Crippen molar-refractivity contribution in [2.45, 2.75) is 45.4 Å². The van der Waals surface area contributed by atoms with Crippen molar-refractivity contribution in [2.75, 3.05) is 0 Å². The molecule has 3 aliphatic carbocycles. The van der Waals surface area contributed by atoms with Crippen molar-refractivity contribution < 1.29 is 0 Å². The van der Waals surface area contributed by atoms with Crippen molar-refractivity contribution in [1.29, 1.82) is 0 Å². The molecule has 3 saturated carbocycles. The molecular weight excluding hydrogens is 144 g/mol. The van der Waals surface area contributed by atoms with Crippen LogP contribution < -0.4 is 0 Å². The summed E-state index contributed by atoms with van der Waals surface area (Å²) in [5, 5.41) is 0. The first-order valence-corrected chi connectivity index (χ1v) is 5.88. The molecule has 68 valence electrons. The minimum atomic E-state index is 1.09. The van der Waals surface area contributed by atoms with Crippen molar-refractivity contribution in [3.8, 4) is 0 Å². The van der Waals surface area contributed by atoms with E-state index in [0.29, 0.717) is 0 Å². The summed E-state index contributed by atoms with van der Waals surface area (Å²) in [6.07, 6.45) is 9.38. The van der Waals surface area contributed by atoms with E-state index < -0.39 is 0 Å². The maximum Gasteiger partial charge on any atom is -0.0352 e. The molecule has 0 heteroatoms. The molecule has 0 radical (unpaired) electrons. The molecule has 0 aromatic heterocycles. The van der Waals surface area contributed by atoms with Crippen LogP contribution in [0.25, 0.3) is 0 Å². The first kappa shape index (κ1) is 7.41. The van der Waals surface area contributed by atoms with Crippen molar-refractivity contribution in [1.82, 2.24) is 0 Å². The Morgan fingerprint density at radius 2 is 1.08 bits per heavy atom. The third kappa shape index (κ3) is 0.791. The number of rotatable bonds is 0. The fourth-order valence-corrected chi connectivity index (χ4v) is 4.72. The molecule has 12 heavy (non-hydrogen) atoms. The predicted molar refractivity (Wildman–Crippen MR) is 50.8 cm³/mol. The molecule has 4 unspecified atom stereocenters. The fraction of sp³-hybridized carbons (Fsp3) is 1.00. The number of fused-ring (bicyclic) bond motifs is 3. The van der Waals surface area contributed by atoms with Crippen LogP contribution in [0.1, 0.15) is 45.4 Å². The van der Waals surface area contributed by atoms with Crippen LogP contribution in [0.5, 0.6) is 0 Å². The number of hydrogen-bond acceptors (Lipinski definition) is 0. The van der Waals surface area contributed by atoms with Crippen molar-refractivity contribution in [3.63, 3.8) is 0 Å². The highest BCUT2D eigenvalue weighted by atomic mass is 14.6. The molecule has 4 atom stereocenters. The van der Waals surface area contributed by atoms with Crippen LogP contribution in [0.2, 0.25) is 0 Å². The molecule has 0 amide bonds. The molecule has 0 bridgehead atoms. The Hall–Kier alpha value is 0. The predicted octanol–water partition coefficient (Wildman–Crippen LogP) is 3.47. The van der Waals surface area contributed by atoms with E-state index in [1.54, 1.807) is 38.5 Å². The summed E-state index contributed by atoms with van der Waals surface area (Å²) < 4.78 is 0. The van der Waals surface area contributed by atoms with Crippen molar-refractivity contribution >= 4 is 0 Å². The van der Waals surface area contributed by atoms with Gasteiger partial charge in [0.05, 0.1) is 0 Å². The first-order valence-electron chi connectivity index (χ1n) is 5.88. The molecule has 0 aromatic rings. The highest BCUT2D eigenvalue weighted by Gasteiger charge is 2.51. The van der Waals surface area contributed by atoms with Gasteiger partial charge in [0.2, 0.25) is 0 Å². The van der Waals surface area contributed by atoms with Gasteiger partial charge in [-0.1, -0.05) is 19.8 Å². The van der Waals surface area contributed by atoms with Crippen molar-refractivity contribution in [3.05, 3.63) is 0 Å². The summed E-state index contributed by atoms with van der Waals surface area (Å²) in [6, 6.07) is 0. The molecule has 0 spiro atoms. The Labute approximate surface area is 75.7 Å². The molecule has 3 fully saturated rings. The molecule has 0 N–H and O–H groups in total. The summed E-state index contributed by atoms with van der Waals surface area (Å²) in [6.45, 7) is 2.54. The van der Waals surface area contributed by atoms with Gasteiger partial charge in [-0.25, -0.2) is 0 Å². The third-order valence-corrected chi connectivity index (χ3v) is 5.15. The van der Waals surface area contributed by atoms with E-state index >= 15 is 0 Å². The zero-order valence-electron chi connectivity index (χ0n) is 8.13. The summed E-state index contributed by atoms with van der Waals surface area (Å²) in [4.78, 5) is 0. The lowest BCUT2D eigenvalue weighted by Crippen LogP contribution is -2.10. The van der Waals surface area contributed by atoms with Crippen LogP contribution in [-0.2, 0) is 0 Å². The Morgan fingerprint density at radius 3 is 1.58 bits per heavy atom. The molecular formula is C12H20. The van der Waals surface area contributed by atoms with Crippen LogP contribution in [0.4, 0.5) is 0 Å². The molecule has 3 aliphatic rings. The quantitative estimate of drug-likeness (QED) is 0.514. The van der Waals surface area contributed by atoms with Gasteiger partial charge >= 0.3 is 0 Å². The van der Waals surface area contributed by atoms with Crippen LogP contribution in [0, 0.1) is 29.6 Å². The fourth-order valence-electron chi connectivity index (χ4n) is 4.72. The summed E-state index contributed by atoms with van der Waals surface area (Å²) in [7, 11) is 0. The topological polar surface area (TPSA) is 0 Å². The van der Waals surface area contributed by atoms with Crippen molar-refractivity contribution in [2.24, 2.45) is 29.6 Å². The van der Waals surface area contributed by atoms with E-state index in [0.717, 1.165) is 17.8 Å². The van der Waals surface area contributed by atoms with E-state index in [1.807, 2.05) is 0 Å². The van der Waals surface area contributed by atoms with Gasteiger partial charge in [0.15, 0.2) is 0 Å². The SMILES string of the molecule is CC1C2CCCC2C2CCCC12. The van der Waals surface area contributed by atoms with Gasteiger partial charge in [-0.05, 0) is 55.3 Å². The monoisotopic (exact) mass is 164 g/mol. The lowest BCUT2D eigenvalue weighted by atomic mass is 9.88. The maximum atomic E-state index is 2.54. The molecule has 0 aliphatic heterocycles. The normalized spacial score (nSPS) is 57.2. The lowest BCUT2D eigenvalue weighted by Gasteiger charge is -2.17. The molecule has 0 heterocycles. The molecule has 0 saturated heterocycles. The highest BCUT2D eigenvalue weighted by Crippen LogP contribution is 2.59. The second-order valence-electron chi connectivity index (χ2n) is 5.38. The summed E-state index contributed by atoms with van der Waals surface area (Å²) in [5.41, 5.74) is 0. The summed E-state index contributed by atoms with van der Waals surface area (Å²) in [5.74, 6) is 5.74. The lowest BCUT2D eigenvalue weighted by molar-refractivity contribution is 0.322. The Balaban J connectivity index is 1.89. The minimum Gasteiger partial charge on any atom is -0.0620 e. The van der Waals surface area contributed by atoms with Gasteiger partial charge in [0.1, 0.15) is 0 Å². The van der Waals surface area contributed by atoms with Crippen LogP contribution in [0.3, 0.4) is 0 Å². The van der Waals surface area contributed by atoms with E-state index in [2.05, 4.69) is 6.92 Å². The molecule has 3 rings (SSSR count). The standard InChI is InChI=1S/C12H20/c1-8-9-4-2-6-11(9)12-7-3-5-10(8)12/h8-12H,2-7H2,1H3. The van der Waals surface area contributed by atoms with Gasteiger partial charge in [-0.2, -0.15) is 0 Å². The second-order valence-corrected chi connectivity index (χ2v) is 5.38. The first-order chi connectivity index (χ1) is 5.88.